The van der Waals surface area contributed by atoms with Crippen molar-refractivity contribution in [3.63, 3.8) is 0 Å². The summed E-state index contributed by atoms with van der Waals surface area (Å²) in [4.78, 5) is 11.0. The molecular formula is C18H28O3. The van der Waals surface area contributed by atoms with Crippen LogP contribution in [0.4, 0.5) is 0 Å². The molecule has 0 bridgehead atoms. The number of unbranched alkanes of at least 4 members (excludes halogenated alkanes) is 5. The number of carbonyl (C=O) groups excluding carboxylic acids is 1. The Balaban J connectivity index is 2.39. The molecule has 0 aromatic heterocycles. The van der Waals surface area contributed by atoms with E-state index in [0.717, 1.165) is 24.9 Å². The summed E-state index contributed by atoms with van der Waals surface area (Å²) in [6.45, 7) is 5.62. The van der Waals surface area contributed by atoms with Gasteiger partial charge in [0.05, 0.1) is 18.8 Å². The lowest BCUT2D eigenvalue weighted by molar-refractivity contribution is 0.111. The van der Waals surface area contributed by atoms with Crippen molar-refractivity contribution < 1.29 is 14.3 Å². The summed E-state index contributed by atoms with van der Waals surface area (Å²) < 4.78 is 11.3. The van der Waals surface area contributed by atoms with E-state index in [1.54, 1.807) is 6.07 Å². The quantitative estimate of drug-likeness (QED) is 0.400. The first-order chi connectivity index (χ1) is 10.3. The zero-order chi connectivity index (χ0) is 15.3. The highest BCUT2D eigenvalue weighted by Crippen LogP contribution is 2.24. The number of carbonyl (C=O) groups is 1. The molecule has 0 amide bonds. The van der Waals surface area contributed by atoms with Gasteiger partial charge in [0.15, 0.2) is 6.29 Å². The van der Waals surface area contributed by atoms with Gasteiger partial charge >= 0.3 is 0 Å². The SMILES string of the molecule is CCCCCCCCOc1cc(OCCC)ccc1C=O. The summed E-state index contributed by atoms with van der Waals surface area (Å²) in [5, 5.41) is 0. The molecule has 0 aliphatic carbocycles. The summed E-state index contributed by atoms with van der Waals surface area (Å²) >= 11 is 0. The van der Waals surface area contributed by atoms with Crippen molar-refractivity contribution in [1.82, 2.24) is 0 Å². The molecule has 1 rings (SSSR count). The van der Waals surface area contributed by atoms with Crippen molar-refractivity contribution in [2.75, 3.05) is 13.2 Å². The Kier molecular flexibility index (Phi) is 9.34. The molecule has 0 spiro atoms. The molecule has 118 valence electrons. The van der Waals surface area contributed by atoms with E-state index in [1.807, 2.05) is 12.1 Å². The molecule has 0 aliphatic rings. The molecule has 0 saturated carbocycles. The monoisotopic (exact) mass is 292 g/mol. The van der Waals surface area contributed by atoms with Crippen LogP contribution in [0.25, 0.3) is 0 Å². The Labute approximate surface area is 128 Å². The summed E-state index contributed by atoms with van der Waals surface area (Å²) in [7, 11) is 0. The third kappa shape index (κ3) is 7.16. The van der Waals surface area contributed by atoms with Crippen molar-refractivity contribution in [2.24, 2.45) is 0 Å². The average molecular weight is 292 g/mol. The van der Waals surface area contributed by atoms with E-state index in [2.05, 4.69) is 13.8 Å². The van der Waals surface area contributed by atoms with Crippen LogP contribution in [0.1, 0.15) is 69.2 Å². The van der Waals surface area contributed by atoms with Crippen LogP contribution < -0.4 is 9.47 Å². The molecule has 0 aliphatic heterocycles. The molecule has 0 saturated heterocycles. The van der Waals surface area contributed by atoms with E-state index >= 15 is 0 Å². The molecule has 1 aromatic rings. The number of ether oxygens (including phenoxy) is 2. The number of hydrogen-bond donors (Lipinski definition) is 0. The lowest BCUT2D eigenvalue weighted by atomic mass is 10.1. The lowest BCUT2D eigenvalue weighted by Crippen LogP contribution is -2.01. The third-order valence-electron chi connectivity index (χ3n) is 3.34. The molecule has 0 heterocycles. The van der Waals surface area contributed by atoms with Gasteiger partial charge in [-0.15, -0.1) is 0 Å². The van der Waals surface area contributed by atoms with Gasteiger partial charge in [-0.25, -0.2) is 0 Å². The minimum absolute atomic E-state index is 0.588. The van der Waals surface area contributed by atoms with Gasteiger partial charge in [-0.1, -0.05) is 46.0 Å². The molecule has 0 unspecified atom stereocenters. The zero-order valence-corrected chi connectivity index (χ0v) is 13.4. The predicted octanol–water partition coefficient (Wildman–Crippen LogP) is 5.03. The van der Waals surface area contributed by atoms with Crippen molar-refractivity contribution in [1.29, 1.82) is 0 Å². The predicted molar refractivity (Wildman–Crippen MR) is 86.5 cm³/mol. The van der Waals surface area contributed by atoms with Crippen LogP contribution in [-0.4, -0.2) is 19.5 Å². The first-order valence-corrected chi connectivity index (χ1v) is 8.16. The topological polar surface area (TPSA) is 35.5 Å². The maximum Gasteiger partial charge on any atom is 0.153 e. The van der Waals surface area contributed by atoms with Gasteiger partial charge in [-0.05, 0) is 25.0 Å². The van der Waals surface area contributed by atoms with E-state index in [1.165, 1.54) is 32.1 Å². The molecule has 21 heavy (non-hydrogen) atoms. The summed E-state index contributed by atoms with van der Waals surface area (Å²) in [5.74, 6) is 1.40. The minimum atomic E-state index is 0.588. The molecule has 0 fully saturated rings. The first kappa shape index (κ1) is 17.5. The highest BCUT2D eigenvalue weighted by Gasteiger charge is 2.05. The number of aldehydes is 1. The van der Waals surface area contributed by atoms with E-state index in [-0.39, 0.29) is 0 Å². The van der Waals surface area contributed by atoms with Crippen LogP contribution in [0, 0.1) is 0 Å². The number of benzene rings is 1. The van der Waals surface area contributed by atoms with Crippen LogP contribution in [0.15, 0.2) is 18.2 Å². The number of hydrogen-bond acceptors (Lipinski definition) is 3. The van der Waals surface area contributed by atoms with Gasteiger partial charge in [0.2, 0.25) is 0 Å². The normalized spacial score (nSPS) is 10.4. The summed E-state index contributed by atoms with van der Waals surface area (Å²) in [5.41, 5.74) is 0.588. The van der Waals surface area contributed by atoms with E-state index in [0.29, 0.717) is 24.5 Å². The Morgan fingerprint density at radius 1 is 0.905 bits per heavy atom. The molecule has 1 aromatic carbocycles. The van der Waals surface area contributed by atoms with Crippen molar-refractivity contribution in [3.8, 4) is 11.5 Å². The van der Waals surface area contributed by atoms with E-state index < -0.39 is 0 Å². The second kappa shape index (κ2) is 11.2. The first-order valence-electron chi connectivity index (χ1n) is 8.16. The van der Waals surface area contributed by atoms with Gasteiger partial charge in [-0.2, -0.15) is 0 Å². The standard InChI is InChI=1S/C18H28O3/c1-3-5-6-7-8-9-13-21-18-14-17(20-12-4-2)11-10-16(18)15-19/h10-11,14-15H,3-9,12-13H2,1-2H3. The molecule has 3 nitrogen and oxygen atoms in total. The Bertz CT molecular complexity index is 401. The van der Waals surface area contributed by atoms with Gasteiger partial charge in [0.25, 0.3) is 0 Å². The van der Waals surface area contributed by atoms with Crippen molar-refractivity contribution >= 4 is 6.29 Å². The van der Waals surface area contributed by atoms with Crippen molar-refractivity contribution in [2.45, 2.75) is 58.8 Å². The fraction of sp³-hybridized carbons (Fsp3) is 0.611. The number of rotatable bonds is 12. The van der Waals surface area contributed by atoms with Crippen LogP contribution in [-0.2, 0) is 0 Å². The summed E-state index contributed by atoms with van der Waals surface area (Å²) in [6, 6.07) is 5.39. The second-order valence-electron chi connectivity index (χ2n) is 5.28. The highest BCUT2D eigenvalue weighted by molar-refractivity contribution is 5.79. The Hall–Kier alpha value is -1.51. The average Bonchev–Trinajstić information content (AvgIpc) is 2.52. The Morgan fingerprint density at radius 2 is 1.67 bits per heavy atom. The maximum atomic E-state index is 11.0. The van der Waals surface area contributed by atoms with E-state index in [9.17, 15) is 4.79 Å². The van der Waals surface area contributed by atoms with Gasteiger partial charge in [0, 0.05) is 6.07 Å². The summed E-state index contributed by atoms with van der Waals surface area (Å²) in [6.07, 6.45) is 9.15. The van der Waals surface area contributed by atoms with E-state index in [4.69, 9.17) is 9.47 Å². The Morgan fingerprint density at radius 3 is 2.38 bits per heavy atom. The largest absolute Gasteiger partial charge is 0.493 e. The maximum absolute atomic E-state index is 11.0. The minimum Gasteiger partial charge on any atom is -0.493 e. The van der Waals surface area contributed by atoms with Gasteiger partial charge < -0.3 is 9.47 Å². The smallest absolute Gasteiger partial charge is 0.153 e. The van der Waals surface area contributed by atoms with Crippen molar-refractivity contribution in [3.05, 3.63) is 23.8 Å². The fourth-order valence-corrected chi connectivity index (χ4v) is 2.11. The highest BCUT2D eigenvalue weighted by atomic mass is 16.5. The molecule has 0 atom stereocenters. The zero-order valence-electron chi connectivity index (χ0n) is 13.4. The third-order valence-corrected chi connectivity index (χ3v) is 3.34. The molecule has 3 heteroatoms. The lowest BCUT2D eigenvalue weighted by Gasteiger charge is -2.11. The van der Waals surface area contributed by atoms with Gasteiger partial charge in [-0.3, -0.25) is 4.79 Å². The molecule has 0 N–H and O–H groups in total. The van der Waals surface area contributed by atoms with Crippen LogP contribution >= 0.6 is 0 Å². The molecule has 0 radical (unpaired) electrons. The van der Waals surface area contributed by atoms with Crippen LogP contribution in [0.5, 0.6) is 11.5 Å². The van der Waals surface area contributed by atoms with Gasteiger partial charge in [0.1, 0.15) is 11.5 Å². The van der Waals surface area contributed by atoms with Crippen LogP contribution in [0.3, 0.4) is 0 Å². The second-order valence-corrected chi connectivity index (χ2v) is 5.28. The van der Waals surface area contributed by atoms with Crippen LogP contribution in [0.2, 0.25) is 0 Å². The fourth-order valence-electron chi connectivity index (χ4n) is 2.11. The molecular weight excluding hydrogens is 264 g/mol.